The van der Waals surface area contributed by atoms with E-state index in [0.29, 0.717) is 5.69 Å². The van der Waals surface area contributed by atoms with Gasteiger partial charge in [0.25, 0.3) is 0 Å². The summed E-state index contributed by atoms with van der Waals surface area (Å²) in [5, 5.41) is 18.9. The zero-order valence-corrected chi connectivity index (χ0v) is 14.0. The molecule has 0 radical (unpaired) electrons. The van der Waals surface area contributed by atoms with E-state index in [-0.39, 0.29) is 15.9 Å². The van der Waals surface area contributed by atoms with E-state index < -0.39 is 14.2 Å². The van der Waals surface area contributed by atoms with Crippen molar-refractivity contribution >= 4 is 30.1 Å². The van der Waals surface area contributed by atoms with Crippen LogP contribution < -0.4 is 9.67 Å². The number of nitrogens with one attached hydrogen (secondary N) is 1. The van der Waals surface area contributed by atoms with E-state index in [1.54, 1.807) is 30.5 Å². The number of amides is 1. The van der Waals surface area contributed by atoms with Crippen molar-refractivity contribution < 1.29 is 21.8 Å². The number of carbonyl (C=O) groups is 1. The van der Waals surface area contributed by atoms with E-state index in [4.69, 9.17) is 10.5 Å². The topological polar surface area (TPSA) is 133 Å². The molecule has 120 valence electrons. The Morgan fingerprint density at radius 1 is 1.30 bits per heavy atom. The molecule has 0 aliphatic heterocycles. The monoisotopic (exact) mass is 379 g/mol. The minimum atomic E-state index is -4.92. The Bertz CT molecular complexity index is 746. The molecule has 0 aliphatic carbocycles. The zero-order valence-electron chi connectivity index (χ0n) is 12.1. The van der Waals surface area contributed by atoms with Crippen LogP contribution in [0.2, 0.25) is 0 Å². The number of aromatic nitrogens is 1. The summed E-state index contributed by atoms with van der Waals surface area (Å²) in [7, 11) is 0. The Morgan fingerprint density at radius 3 is 2.43 bits per heavy atom. The van der Waals surface area contributed by atoms with Gasteiger partial charge in [-0.05, 0) is 12.1 Å². The molecule has 1 aromatic carbocycles. The number of nitriles is 1. The second kappa shape index (κ2) is 8.88. The third kappa shape index (κ3) is 6.06. The van der Waals surface area contributed by atoms with E-state index in [2.05, 4.69) is 14.2 Å². The van der Waals surface area contributed by atoms with E-state index in [9.17, 15) is 12.6 Å². The summed E-state index contributed by atoms with van der Waals surface area (Å²) in [6, 6.07) is 13.0. The normalized spacial score (nSPS) is 12.1. The van der Waals surface area contributed by atoms with Gasteiger partial charge in [-0.3, -0.25) is 0 Å². The van der Waals surface area contributed by atoms with Crippen LogP contribution in [-0.2, 0) is 12.4 Å². The molecule has 8 nitrogen and oxygen atoms in total. The van der Waals surface area contributed by atoms with Gasteiger partial charge < -0.3 is 0 Å². The Hall–Kier alpha value is -2.43. The van der Waals surface area contributed by atoms with Gasteiger partial charge >= 0.3 is 88.4 Å². The largest absolute Gasteiger partial charge is 0.246 e. The first-order valence-corrected chi connectivity index (χ1v) is 9.56. The van der Waals surface area contributed by atoms with Crippen molar-refractivity contribution in [3.05, 3.63) is 54.4 Å². The molecular weight excluding hydrogens is 365 g/mol. The summed E-state index contributed by atoms with van der Waals surface area (Å²) >= 11 is -4.92. The first-order chi connectivity index (χ1) is 10.9. The van der Waals surface area contributed by atoms with Crippen LogP contribution in [0.15, 0.2) is 48.7 Å². The van der Waals surface area contributed by atoms with Crippen LogP contribution in [0.3, 0.4) is 0 Å². The summed E-state index contributed by atoms with van der Waals surface area (Å²) in [5.74, 6) is -0.379. The molecule has 0 aliphatic rings. The van der Waals surface area contributed by atoms with Gasteiger partial charge in [-0.15, -0.1) is 0 Å². The van der Waals surface area contributed by atoms with Gasteiger partial charge in [0.1, 0.15) is 11.8 Å². The second-order valence-corrected chi connectivity index (χ2v) is 7.66. The Morgan fingerprint density at radius 2 is 1.96 bits per heavy atom. The molecule has 3 N–H and O–H groups in total. The van der Waals surface area contributed by atoms with Crippen molar-refractivity contribution in [2.24, 2.45) is 0 Å². The number of nitrogens with zero attached hydrogens (tertiary/aromatic N) is 2. The van der Waals surface area contributed by atoms with Crippen molar-refractivity contribution in [2.75, 3.05) is 5.32 Å². The zero-order chi connectivity index (χ0) is 17.3. The number of pyridine rings is 1. The van der Waals surface area contributed by atoms with Gasteiger partial charge in [-0.1, -0.05) is 6.07 Å². The predicted molar refractivity (Wildman–Crippen MR) is 81.7 cm³/mol. The molecule has 0 fully saturated rings. The molecule has 9 heteroatoms. The van der Waals surface area contributed by atoms with Crippen LogP contribution in [0.4, 0.5) is 5.69 Å². The van der Waals surface area contributed by atoms with Crippen LogP contribution >= 0.6 is 0 Å². The van der Waals surface area contributed by atoms with Gasteiger partial charge in [-0.2, -0.15) is 5.26 Å². The molecule has 0 saturated carbocycles. The number of para-hydroxylation sites is 1. The van der Waals surface area contributed by atoms with Gasteiger partial charge in [0, 0.05) is 6.20 Å². The smallest absolute Gasteiger partial charge is 0.140 e. The molecule has 0 bridgehead atoms. The maximum absolute atomic E-state index is 11.4. The van der Waals surface area contributed by atoms with Gasteiger partial charge in [0.15, 0.2) is 0 Å². The minimum Gasteiger partial charge on any atom is -0.246 e. The average Bonchev–Trinajstić information content (AvgIpc) is 2.56. The summed E-state index contributed by atoms with van der Waals surface area (Å²) in [4.78, 5) is 14.5. The Balaban J connectivity index is 0.000000277. The molecule has 1 amide bonds. The Labute approximate surface area is 135 Å². The molecule has 2 rings (SSSR count). The number of hydrogen-bond acceptors (Lipinski definition) is 6. The number of hydrogen-bond donors (Lipinski definition) is 3. The number of anilines is 1. The summed E-state index contributed by atoms with van der Waals surface area (Å²) < 4.78 is 24.1. The third-order valence-electron chi connectivity index (χ3n) is 2.41. The van der Waals surface area contributed by atoms with Gasteiger partial charge in [0.05, 0.1) is 0 Å². The first kappa shape index (κ1) is 18.6. The third-order valence-corrected chi connectivity index (χ3v) is 4.97. The van der Waals surface area contributed by atoms with Crippen molar-refractivity contribution in [1.29, 1.82) is 5.26 Å². The van der Waals surface area contributed by atoms with Crippen LogP contribution in [0.1, 0.15) is 12.6 Å². The van der Waals surface area contributed by atoms with Crippen LogP contribution in [0.25, 0.3) is 0 Å². The molecule has 23 heavy (non-hydrogen) atoms. The fourth-order valence-electron chi connectivity index (χ4n) is 1.49. The molecule has 0 saturated heterocycles. The molecule has 1 unspecified atom stereocenters. The molecular formula is C14H14AsN3O5. The fraction of sp³-hybridized carbons (Fsp3) is 0.0714. The van der Waals surface area contributed by atoms with Crippen molar-refractivity contribution in [1.82, 2.24) is 4.98 Å². The Kier molecular flexibility index (Phi) is 7.19. The summed E-state index contributed by atoms with van der Waals surface area (Å²) in [5.41, 5.74) is 0.622. The maximum Gasteiger partial charge on any atom is 0.140 e. The second-order valence-electron chi connectivity index (χ2n) is 4.13. The quantitative estimate of drug-likeness (QED) is 0.405. The molecule has 2 aromatic rings. The van der Waals surface area contributed by atoms with Crippen molar-refractivity contribution in [2.45, 2.75) is 6.92 Å². The van der Waals surface area contributed by atoms with E-state index >= 15 is 0 Å². The standard InChI is InChI=1S/C8H10AsNO5.C6H4N2/c1-6(11)10-8-5-3-2-4-7(8)9(12,13)15-14;7-5-6-3-1-2-4-8-6/h2-5,14H,1H3,(H,10,11)(H,12,13);1-4H. The van der Waals surface area contributed by atoms with Crippen molar-refractivity contribution in [3.63, 3.8) is 0 Å². The molecule has 1 heterocycles. The number of carbonyl (C=O) groups excluding carboxylic acids is 1. The SMILES string of the molecule is CC(=O)Nc1ccccc1[As](=O)(O)OO.N#Cc1ccccn1. The van der Waals surface area contributed by atoms with Gasteiger partial charge in [-0.25, -0.2) is 4.98 Å². The van der Waals surface area contributed by atoms with Crippen molar-refractivity contribution in [3.8, 4) is 6.07 Å². The van der Waals surface area contributed by atoms with Crippen LogP contribution in [0.5, 0.6) is 0 Å². The van der Waals surface area contributed by atoms with Gasteiger partial charge in [0.2, 0.25) is 0 Å². The molecule has 1 atom stereocenters. The maximum atomic E-state index is 11.4. The van der Waals surface area contributed by atoms with Crippen LogP contribution in [-0.4, -0.2) is 34.4 Å². The predicted octanol–water partition coefficient (Wildman–Crippen LogP) is 0.657. The van der Waals surface area contributed by atoms with E-state index in [1.165, 1.54) is 25.1 Å². The molecule has 0 spiro atoms. The first-order valence-electron chi connectivity index (χ1n) is 6.25. The van der Waals surface area contributed by atoms with Crippen LogP contribution in [0, 0.1) is 11.3 Å². The number of benzene rings is 1. The molecule has 1 aromatic heterocycles. The number of rotatable bonds is 3. The van der Waals surface area contributed by atoms with E-state index in [1.807, 2.05) is 6.07 Å². The average molecular weight is 379 g/mol. The minimum absolute atomic E-state index is 0.103. The summed E-state index contributed by atoms with van der Waals surface area (Å²) in [6.45, 7) is 1.27. The summed E-state index contributed by atoms with van der Waals surface area (Å²) in [6.07, 6.45) is 1.60. The van der Waals surface area contributed by atoms with E-state index in [0.717, 1.165) is 0 Å². The fourth-order valence-corrected chi connectivity index (χ4v) is 3.16.